The molecule has 0 N–H and O–H groups in total. The Morgan fingerprint density at radius 1 is 1.07 bits per heavy atom. The Morgan fingerprint density at radius 2 is 1.81 bits per heavy atom. The topological polar surface area (TPSA) is 69.0 Å². The fraction of sp³-hybridized carbons (Fsp3) is 0.100. The Bertz CT molecular complexity index is 1080. The van der Waals surface area contributed by atoms with Gasteiger partial charge in [0, 0.05) is 46.7 Å². The van der Waals surface area contributed by atoms with Crippen LogP contribution in [0.4, 0.5) is 0 Å². The molecular formula is C20H14Cl2N2O3. The van der Waals surface area contributed by atoms with Crippen molar-refractivity contribution < 1.29 is 9.59 Å². The summed E-state index contributed by atoms with van der Waals surface area (Å²) in [4.78, 5) is 38.0. The zero-order valence-corrected chi connectivity index (χ0v) is 15.6. The molecular weight excluding hydrogens is 387 g/mol. The third-order valence-electron chi connectivity index (χ3n) is 4.04. The number of carbonyl (C=O) groups is 2. The highest BCUT2D eigenvalue weighted by atomic mass is 35.5. The van der Waals surface area contributed by atoms with Gasteiger partial charge in [-0.15, -0.1) is 0 Å². The monoisotopic (exact) mass is 400 g/mol. The largest absolute Gasteiger partial charge is 0.311 e. The molecule has 0 amide bonds. The molecule has 0 saturated carbocycles. The first-order chi connectivity index (χ1) is 13.0. The van der Waals surface area contributed by atoms with E-state index in [0.29, 0.717) is 23.0 Å². The van der Waals surface area contributed by atoms with Crippen LogP contribution in [0.1, 0.15) is 27.0 Å². The lowest BCUT2D eigenvalue weighted by Crippen LogP contribution is -2.18. The summed E-state index contributed by atoms with van der Waals surface area (Å²) in [7, 11) is 0. The van der Waals surface area contributed by atoms with Crippen molar-refractivity contribution in [2.75, 3.05) is 0 Å². The second kappa shape index (κ2) is 8.29. The van der Waals surface area contributed by atoms with Crippen molar-refractivity contribution in [1.29, 1.82) is 0 Å². The third kappa shape index (κ3) is 4.51. The van der Waals surface area contributed by atoms with Gasteiger partial charge >= 0.3 is 0 Å². The van der Waals surface area contributed by atoms with Crippen LogP contribution in [0.5, 0.6) is 0 Å². The van der Waals surface area contributed by atoms with Crippen LogP contribution in [-0.4, -0.2) is 21.6 Å². The molecule has 27 heavy (non-hydrogen) atoms. The van der Waals surface area contributed by atoms with Crippen LogP contribution in [0, 0.1) is 0 Å². The van der Waals surface area contributed by atoms with Crippen molar-refractivity contribution in [1.82, 2.24) is 9.55 Å². The molecule has 0 aliphatic heterocycles. The molecule has 2 heterocycles. The summed E-state index contributed by atoms with van der Waals surface area (Å²) in [5, 5.41) is 0.976. The summed E-state index contributed by atoms with van der Waals surface area (Å²) in [5.74, 6) is -0.628. The van der Waals surface area contributed by atoms with E-state index in [1.807, 2.05) is 0 Å². The fourth-order valence-corrected chi connectivity index (χ4v) is 3.17. The van der Waals surface area contributed by atoms with Gasteiger partial charge in [0.1, 0.15) is 0 Å². The standard InChI is InChI=1S/C20H14Cl2N2O3/c21-17-8-16(11-24-4-2-1-3-20(24)27)18(22)7-14(17)5-13-6-15(10-23-9-13)19(26)12-25/h1-4,6-10,12H,5,11H2. The molecule has 7 heteroatoms. The maximum atomic E-state index is 11.9. The van der Waals surface area contributed by atoms with Crippen molar-refractivity contribution in [3.8, 4) is 0 Å². The van der Waals surface area contributed by atoms with E-state index in [-0.39, 0.29) is 17.4 Å². The van der Waals surface area contributed by atoms with Crippen LogP contribution in [0.2, 0.25) is 10.0 Å². The lowest BCUT2D eigenvalue weighted by Gasteiger charge is -2.12. The fourth-order valence-electron chi connectivity index (χ4n) is 2.67. The first kappa shape index (κ1) is 19.0. The predicted molar refractivity (Wildman–Crippen MR) is 104 cm³/mol. The van der Waals surface area contributed by atoms with Crippen LogP contribution in [0.15, 0.2) is 59.8 Å². The number of nitrogens with zero attached hydrogens (tertiary/aromatic N) is 2. The summed E-state index contributed by atoms with van der Waals surface area (Å²) >= 11 is 12.8. The van der Waals surface area contributed by atoms with E-state index in [2.05, 4.69) is 4.98 Å². The van der Waals surface area contributed by atoms with E-state index in [1.165, 1.54) is 16.8 Å². The maximum absolute atomic E-state index is 11.9. The zero-order valence-electron chi connectivity index (χ0n) is 14.1. The van der Waals surface area contributed by atoms with Crippen molar-refractivity contribution in [3.05, 3.63) is 97.6 Å². The van der Waals surface area contributed by atoms with Gasteiger partial charge in [0.05, 0.1) is 6.54 Å². The number of pyridine rings is 2. The number of ketones is 1. The van der Waals surface area contributed by atoms with E-state index in [4.69, 9.17) is 23.2 Å². The number of hydrogen-bond donors (Lipinski definition) is 0. The average Bonchev–Trinajstić information content (AvgIpc) is 2.67. The lowest BCUT2D eigenvalue weighted by molar-refractivity contribution is -0.104. The number of hydrogen-bond acceptors (Lipinski definition) is 4. The molecule has 1 aromatic carbocycles. The van der Waals surface area contributed by atoms with Gasteiger partial charge in [-0.2, -0.15) is 0 Å². The number of Topliss-reactive ketones (excluding diaryl/α,β-unsaturated/α-hetero) is 1. The Kier molecular flexibility index (Phi) is 5.84. The van der Waals surface area contributed by atoms with Gasteiger partial charge in [0.25, 0.3) is 5.56 Å². The second-order valence-corrected chi connectivity index (χ2v) is 6.76. The maximum Gasteiger partial charge on any atom is 0.250 e. The molecule has 2 aromatic heterocycles. The van der Waals surface area contributed by atoms with Crippen molar-refractivity contribution in [2.24, 2.45) is 0 Å². The summed E-state index contributed by atoms with van der Waals surface area (Å²) in [6.45, 7) is 0.309. The molecule has 0 saturated heterocycles. The van der Waals surface area contributed by atoms with E-state index in [9.17, 15) is 14.4 Å². The van der Waals surface area contributed by atoms with E-state index in [1.54, 1.807) is 42.7 Å². The Hall–Kier alpha value is -2.76. The van der Waals surface area contributed by atoms with Crippen LogP contribution < -0.4 is 5.56 Å². The minimum atomic E-state index is -0.628. The van der Waals surface area contributed by atoms with Gasteiger partial charge < -0.3 is 4.57 Å². The van der Waals surface area contributed by atoms with Gasteiger partial charge in [0.2, 0.25) is 5.78 Å². The van der Waals surface area contributed by atoms with E-state index >= 15 is 0 Å². The number of carbonyl (C=O) groups excluding carboxylic acids is 2. The molecule has 3 rings (SSSR count). The predicted octanol–water partition coefficient (Wildman–Crippen LogP) is 3.57. The normalized spacial score (nSPS) is 10.6. The molecule has 0 atom stereocenters. The first-order valence-electron chi connectivity index (χ1n) is 8.03. The number of halogens is 2. The summed E-state index contributed by atoms with van der Waals surface area (Å²) in [5.41, 5.74) is 2.30. The third-order valence-corrected chi connectivity index (χ3v) is 4.74. The van der Waals surface area contributed by atoms with E-state index < -0.39 is 5.78 Å². The van der Waals surface area contributed by atoms with Gasteiger partial charge in [-0.25, -0.2) is 0 Å². The summed E-state index contributed by atoms with van der Waals surface area (Å²) in [6.07, 6.45) is 5.28. The van der Waals surface area contributed by atoms with Crippen molar-refractivity contribution in [2.45, 2.75) is 13.0 Å². The summed E-state index contributed by atoms with van der Waals surface area (Å²) < 4.78 is 1.54. The number of aromatic nitrogens is 2. The molecule has 0 fully saturated rings. The van der Waals surface area contributed by atoms with Crippen LogP contribution in [0.3, 0.4) is 0 Å². The van der Waals surface area contributed by atoms with Gasteiger partial charge in [-0.3, -0.25) is 19.4 Å². The second-order valence-electron chi connectivity index (χ2n) is 5.94. The SMILES string of the molecule is O=CC(=O)c1cncc(Cc2cc(Cl)c(Cn3ccccc3=O)cc2Cl)c1. The number of benzene rings is 1. The van der Waals surface area contributed by atoms with Gasteiger partial charge in [-0.1, -0.05) is 29.3 Å². The molecule has 3 aromatic rings. The average molecular weight is 401 g/mol. The first-order valence-corrected chi connectivity index (χ1v) is 8.79. The number of aldehydes is 1. The quantitative estimate of drug-likeness (QED) is 0.360. The molecule has 136 valence electrons. The minimum Gasteiger partial charge on any atom is -0.311 e. The Morgan fingerprint density at radius 3 is 2.56 bits per heavy atom. The molecule has 0 spiro atoms. The van der Waals surface area contributed by atoms with Gasteiger partial charge in [0.15, 0.2) is 6.29 Å². The minimum absolute atomic E-state index is 0.128. The van der Waals surface area contributed by atoms with Crippen LogP contribution in [-0.2, 0) is 17.8 Å². The summed E-state index contributed by atoms with van der Waals surface area (Å²) in [6, 6.07) is 9.99. The molecule has 0 aliphatic rings. The highest BCUT2D eigenvalue weighted by molar-refractivity contribution is 6.34. The molecule has 0 unspecified atom stereocenters. The molecule has 0 bridgehead atoms. The zero-order chi connectivity index (χ0) is 19.4. The number of rotatable bonds is 6. The van der Waals surface area contributed by atoms with Crippen molar-refractivity contribution in [3.63, 3.8) is 0 Å². The lowest BCUT2D eigenvalue weighted by atomic mass is 10.0. The smallest absolute Gasteiger partial charge is 0.250 e. The van der Waals surface area contributed by atoms with Crippen molar-refractivity contribution >= 4 is 35.3 Å². The van der Waals surface area contributed by atoms with Crippen LogP contribution >= 0.6 is 23.2 Å². The molecule has 0 aliphatic carbocycles. The Balaban J connectivity index is 1.87. The van der Waals surface area contributed by atoms with Gasteiger partial charge in [-0.05, 0) is 41.0 Å². The molecule has 0 radical (unpaired) electrons. The molecule has 5 nitrogen and oxygen atoms in total. The Labute approximate surface area is 165 Å². The van der Waals surface area contributed by atoms with Crippen LogP contribution in [0.25, 0.3) is 0 Å². The highest BCUT2D eigenvalue weighted by Gasteiger charge is 2.11. The van der Waals surface area contributed by atoms with E-state index in [0.717, 1.165) is 16.7 Å². The highest BCUT2D eigenvalue weighted by Crippen LogP contribution is 2.27.